The minimum Gasteiger partial charge on any atom is -0.497 e. The Morgan fingerprint density at radius 1 is 1.24 bits per heavy atom. The molecule has 0 saturated heterocycles. The third kappa shape index (κ3) is 3.71. The first kappa shape index (κ1) is 14.8. The minimum absolute atomic E-state index is 0.150. The highest BCUT2D eigenvalue weighted by atomic mass is 19.4. The van der Waals surface area contributed by atoms with Crippen LogP contribution in [0.4, 0.5) is 13.2 Å². The molecular weight excluding hydrogens is 287 g/mol. The summed E-state index contributed by atoms with van der Waals surface area (Å²) in [6, 6.07) is 6.58. The normalized spacial score (nSPS) is 11.0. The van der Waals surface area contributed by atoms with Gasteiger partial charge in [-0.3, -0.25) is 9.78 Å². The number of halogens is 3. The summed E-state index contributed by atoms with van der Waals surface area (Å²) in [6.45, 7) is 0. The quantitative estimate of drug-likeness (QED) is 0.813. The Kier molecular flexibility index (Phi) is 4.11. The summed E-state index contributed by atoms with van der Waals surface area (Å²) in [5.74, 6) is -1.09. The van der Waals surface area contributed by atoms with E-state index in [2.05, 4.69) is 9.72 Å². The van der Waals surface area contributed by atoms with E-state index in [0.717, 1.165) is 6.07 Å². The first-order valence-corrected chi connectivity index (χ1v) is 5.79. The number of carbonyl (C=O) groups excluding carboxylic acids is 1. The number of methoxy groups -OCH3 is 1. The number of ketones is 1. The molecule has 2 aromatic rings. The number of nitrogens with zero attached hydrogens (tertiary/aromatic N) is 1. The molecule has 1 aromatic carbocycles. The Morgan fingerprint density at radius 3 is 2.57 bits per heavy atom. The molecule has 0 atom stereocenters. The highest BCUT2D eigenvalue weighted by Crippen LogP contribution is 2.31. The van der Waals surface area contributed by atoms with Crippen LogP contribution in [0.1, 0.15) is 15.9 Å². The van der Waals surface area contributed by atoms with E-state index in [1.54, 1.807) is 0 Å². The maximum Gasteiger partial charge on any atom is 0.573 e. The fourth-order valence-corrected chi connectivity index (χ4v) is 1.68. The molecule has 0 bridgehead atoms. The highest BCUT2D eigenvalue weighted by molar-refractivity contribution is 6.10. The van der Waals surface area contributed by atoms with Gasteiger partial charge < -0.3 is 9.47 Å². The molecular formula is C14H10F3NO3. The lowest BCUT2D eigenvalue weighted by atomic mass is 10.0. The van der Waals surface area contributed by atoms with Crippen molar-refractivity contribution >= 4 is 5.78 Å². The second kappa shape index (κ2) is 5.82. The van der Waals surface area contributed by atoms with E-state index in [-0.39, 0.29) is 16.9 Å². The SMILES string of the molecule is COc1ccc(C(=O)c2cccnc2)c(OC(F)(F)F)c1. The third-order valence-electron chi connectivity index (χ3n) is 2.58. The van der Waals surface area contributed by atoms with E-state index in [4.69, 9.17) is 4.74 Å². The molecule has 110 valence electrons. The van der Waals surface area contributed by atoms with Gasteiger partial charge in [-0.25, -0.2) is 0 Å². The Morgan fingerprint density at radius 2 is 2.00 bits per heavy atom. The standard InChI is InChI=1S/C14H10F3NO3/c1-20-10-4-5-11(12(7-10)21-14(15,16)17)13(19)9-3-2-6-18-8-9/h2-8H,1H3. The molecule has 0 radical (unpaired) electrons. The number of hydrogen-bond donors (Lipinski definition) is 0. The lowest BCUT2D eigenvalue weighted by molar-refractivity contribution is -0.274. The number of rotatable bonds is 4. The summed E-state index contributed by atoms with van der Waals surface area (Å²) in [5, 5.41) is 0. The van der Waals surface area contributed by atoms with Crippen LogP contribution in [0.3, 0.4) is 0 Å². The number of ether oxygens (including phenoxy) is 2. The van der Waals surface area contributed by atoms with Crippen molar-refractivity contribution in [1.82, 2.24) is 4.98 Å². The second-order valence-corrected chi connectivity index (χ2v) is 3.98. The predicted octanol–water partition coefficient (Wildman–Crippen LogP) is 3.22. The van der Waals surface area contributed by atoms with E-state index in [9.17, 15) is 18.0 Å². The van der Waals surface area contributed by atoms with Gasteiger partial charge in [-0.15, -0.1) is 13.2 Å². The van der Waals surface area contributed by atoms with Crippen molar-refractivity contribution in [1.29, 1.82) is 0 Å². The van der Waals surface area contributed by atoms with E-state index in [1.165, 1.54) is 43.8 Å². The van der Waals surface area contributed by atoms with Gasteiger partial charge in [0.05, 0.1) is 12.7 Å². The fourth-order valence-electron chi connectivity index (χ4n) is 1.68. The maximum absolute atomic E-state index is 12.4. The minimum atomic E-state index is -4.91. The van der Waals surface area contributed by atoms with Crippen LogP contribution in [0.5, 0.6) is 11.5 Å². The first-order valence-electron chi connectivity index (χ1n) is 5.79. The number of carbonyl (C=O) groups is 1. The maximum atomic E-state index is 12.4. The number of pyridine rings is 1. The van der Waals surface area contributed by atoms with Gasteiger partial charge in [0.2, 0.25) is 0 Å². The fraction of sp³-hybridized carbons (Fsp3) is 0.143. The summed E-state index contributed by atoms with van der Waals surface area (Å²) in [5.41, 5.74) is -0.0594. The van der Waals surface area contributed by atoms with Gasteiger partial charge in [0.25, 0.3) is 0 Å². The molecule has 0 fully saturated rings. The smallest absolute Gasteiger partial charge is 0.497 e. The summed E-state index contributed by atoms with van der Waals surface area (Å²) >= 11 is 0. The van der Waals surface area contributed by atoms with Crippen LogP contribution in [0, 0.1) is 0 Å². The van der Waals surface area contributed by atoms with Crippen molar-refractivity contribution in [3.8, 4) is 11.5 Å². The van der Waals surface area contributed by atoms with Gasteiger partial charge in [-0.05, 0) is 24.3 Å². The van der Waals surface area contributed by atoms with Crippen LogP contribution >= 0.6 is 0 Å². The number of aromatic nitrogens is 1. The van der Waals surface area contributed by atoms with Crippen molar-refractivity contribution in [3.63, 3.8) is 0 Å². The summed E-state index contributed by atoms with van der Waals surface area (Å²) in [7, 11) is 1.30. The second-order valence-electron chi connectivity index (χ2n) is 3.98. The van der Waals surface area contributed by atoms with Gasteiger partial charge in [0.1, 0.15) is 11.5 Å². The highest BCUT2D eigenvalue weighted by Gasteiger charge is 2.33. The molecule has 0 N–H and O–H groups in total. The van der Waals surface area contributed by atoms with Crippen LogP contribution in [0.25, 0.3) is 0 Å². The Balaban J connectivity index is 2.45. The summed E-state index contributed by atoms with van der Waals surface area (Å²) in [4.78, 5) is 16.0. The average Bonchev–Trinajstić information content (AvgIpc) is 2.45. The van der Waals surface area contributed by atoms with Crippen molar-refractivity contribution in [2.45, 2.75) is 6.36 Å². The lowest BCUT2D eigenvalue weighted by Crippen LogP contribution is -2.19. The molecule has 0 spiro atoms. The molecule has 0 aliphatic carbocycles. The molecule has 7 heteroatoms. The van der Waals surface area contributed by atoms with Gasteiger partial charge in [-0.2, -0.15) is 0 Å². The van der Waals surface area contributed by atoms with E-state index >= 15 is 0 Å². The number of alkyl halides is 3. The van der Waals surface area contributed by atoms with E-state index < -0.39 is 17.9 Å². The van der Waals surface area contributed by atoms with Crippen LogP contribution in [0.2, 0.25) is 0 Å². The predicted molar refractivity (Wildman–Crippen MR) is 67.3 cm³/mol. The topological polar surface area (TPSA) is 48.4 Å². The van der Waals surface area contributed by atoms with Gasteiger partial charge in [-0.1, -0.05) is 0 Å². The lowest BCUT2D eigenvalue weighted by Gasteiger charge is -2.13. The number of benzene rings is 1. The van der Waals surface area contributed by atoms with Crippen LogP contribution < -0.4 is 9.47 Å². The van der Waals surface area contributed by atoms with E-state index in [0.29, 0.717) is 0 Å². The molecule has 0 saturated carbocycles. The third-order valence-corrected chi connectivity index (χ3v) is 2.58. The van der Waals surface area contributed by atoms with Gasteiger partial charge in [0, 0.05) is 24.0 Å². The van der Waals surface area contributed by atoms with E-state index in [1.807, 2.05) is 0 Å². The monoisotopic (exact) mass is 297 g/mol. The van der Waals surface area contributed by atoms with Crippen molar-refractivity contribution < 1.29 is 27.4 Å². The molecule has 0 amide bonds. The van der Waals surface area contributed by atoms with Crippen molar-refractivity contribution in [2.24, 2.45) is 0 Å². The molecule has 21 heavy (non-hydrogen) atoms. The Labute approximate surface area is 118 Å². The van der Waals surface area contributed by atoms with Gasteiger partial charge in [0.15, 0.2) is 5.78 Å². The number of hydrogen-bond acceptors (Lipinski definition) is 4. The summed E-state index contributed by atoms with van der Waals surface area (Å²) < 4.78 is 46.0. The summed E-state index contributed by atoms with van der Waals surface area (Å²) in [6.07, 6.45) is -2.18. The van der Waals surface area contributed by atoms with Crippen LogP contribution in [0.15, 0.2) is 42.7 Å². The largest absolute Gasteiger partial charge is 0.573 e. The average molecular weight is 297 g/mol. The zero-order valence-corrected chi connectivity index (χ0v) is 10.8. The molecule has 4 nitrogen and oxygen atoms in total. The van der Waals surface area contributed by atoms with Crippen molar-refractivity contribution in [3.05, 3.63) is 53.9 Å². The molecule has 0 aliphatic rings. The molecule has 2 rings (SSSR count). The van der Waals surface area contributed by atoms with Gasteiger partial charge >= 0.3 is 6.36 Å². The molecule has 1 aromatic heterocycles. The first-order chi connectivity index (χ1) is 9.90. The van der Waals surface area contributed by atoms with Crippen LogP contribution in [-0.2, 0) is 0 Å². The van der Waals surface area contributed by atoms with Crippen molar-refractivity contribution in [2.75, 3.05) is 7.11 Å². The Hall–Kier alpha value is -2.57. The Bertz CT molecular complexity index is 642. The molecule has 1 heterocycles. The zero-order valence-electron chi connectivity index (χ0n) is 10.8. The molecule has 0 unspecified atom stereocenters. The zero-order chi connectivity index (χ0) is 15.5. The van der Waals surface area contributed by atoms with Crippen LogP contribution in [-0.4, -0.2) is 24.2 Å². The molecule has 0 aliphatic heterocycles.